The van der Waals surface area contributed by atoms with Crippen LogP contribution in [0.3, 0.4) is 0 Å². The van der Waals surface area contributed by atoms with E-state index in [1.54, 1.807) is 13.8 Å². The van der Waals surface area contributed by atoms with E-state index in [9.17, 15) is 9.59 Å². The number of benzene rings is 1. The second-order valence-corrected chi connectivity index (χ2v) is 4.33. The summed E-state index contributed by atoms with van der Waals surface area (Å²) in [6.45, 7) is 3.67. The third kappa shape index (κ3) is 2.84. The van der Waals surface area contributed by atoms with Crippen LogP contribution in [-0.4, -0.2) is 18.5 Å². The van der Waals surface area contributed by atoms with Gasteiger partial charge in [-0.05, 0) is 19.4 Å². The molecule has 4 heteroatoms. The summed E-state index contributed by atoms with van der Waals surface area (Å²) in [7, 11) is 0. The lowest BCUT2D eigenvalue weighted by molar-refractivity contribution is -0.144. The van der Waals surface area contributed by atoms with E-state index in [0.717, 1.165) is 5.56 Å². The molecule has 0 bridgehead atoms. The molecule has 2 rings (SSSR count). The Morgan fingerprint density at radius 2 is 2.05 bits per heavy atom. The van der Waals surface area contributed by atoms with Gasteiger partial charge < -0.3 is 9.47 Å². The van der Waals surface area contributed by atoms with Crippen LogP contribution in [0.5, 0.6) is 0 Å². The molecule has 0 amide bonds. The van der Waals surface area contributed by atoms with Gasteiger partial charge in [0.1, 0.15) is 5.76 Å². The second kappa shape index (κ2) is 5.69. The molecule has 0 N–H and O–H groups in total. The Morgan fingerprint density at radius 1 is 1.37 bits per heavy atom. The summed E-state index contributed by atoms with van der Waals surface area (Å²) in [6, 6.07) is 9.46. The molecule has 0 radical (unpaired) electrons. The SMILES string of the molecule is CCOC(=O)C1=C(C)OC(=O)C[C@@H]1c1ccccc1. The molecule has 4 nitrogen and oxygen atoms in total. The number of allylic oxidation sites excluding steroid dienone is 1. The van der Waals surface area contributed by atoms with Gasteiger partial charge in [-0.3, -0.25) is 4.79 Å². The Hall–Kier alpha value is -2.10. The van der Waals surface area contributed by atoms with Gasteiger partial charge in [-0.1, -0.05) is 30.3 Å². The standard InChI is InChI=1S/C15H16O4/c1-3-18-15(17)14-10(2)19-13(16)9-12(14)11-7-5-4-6-8-11/h4-8,12H,3,9H2,1-2H3/t12-/m1/s1. The van der Waals surface area contributed by atoms with Crippen LogP contribution in [0, 0.1) is 0 Å². The Morgan fingerprint density at radius 3 is 2.68 bits per heavy atom. The highest BCUT2D eigenvalue weighted by molar-refractivity contribution is 5.93. The lowest BCUT2D eigenvalue weighted by Gasteiger charge is -2.25. The maximum atomic E-state index is 12.0. The number of esters is 2. The number of carbonyl (C=O) groups excluding carboxylic acids is 2. The van der Waals surface area contributed by atoms with Gasteiger partial charge in [0.25, 0.3) is 0 Å². The molecule has 1 atom stereocenters. The summed E-state index contributed by atoms with van der Waals surface area (Å²) < 4.78 is 10.1. The van der Waals surface area contributed by atoms with Crippen molar-refractivity contribution < 1.29 is 19.1 Å². The summed E-state index contributed by atoms with van der Waals surface area (Å²) in [5.74, 6) is -0.689. The van der Waals surface area contributed by atoms with E-state index in [0.29, 0.717) is 17.9 Å². The number of hydrogen-bond acceptors (Lipinski definition) is 4. The van der Waals surface area contributed by atoms with Crippen LogP contribution < -0.4 is 0 Å². The fourth-order valence-electron chi connectivity index (χ4n) is 2.25. The van der Waals surface area contributed by atoms with Crippen molar-refractivity contribution in [1.82, 2.24) is 0 Å². The van der Waals surface area contributed by atoms with Crippen LogP contribution >= 0.6 is 0 Å². The molecule has 0 saturated heterocycles. The van der Waals surface area contributed by atoms with Crippen molar-refractivity contribution in [3.63, 3.8) is 0 Å². The monoisotopic (exact) mass is 260 g/mol. The Bertz CT molecular complexity index is 516. The molecule has 0 saturated carbocycles. The third-order valence-electron chi connectivity index (χ3n) is 3.06. The highest BCUT2D eigenvalue weighted by atomic mass is 16.5. The molecule has 0 unspecified atom stereocenters. The molecule has 100 valence electrons. The largest absolute Gasteiger partial charge is 0.463 e. The average Bonchev–Trinajstić information content (AvgIpc) is 2.39. The van der Waals surface area contributed by atoms with E-state index < -0.39 is 5.97 Å². The van der Waals surface area contributed by atoms with Gasteiger partial charge in [0.15, 0.2) is 0 Å². The van der Waals surface area contributed by atoms with Crippen molar-refractivity contribution in [2.45, 2.75) is 26.2 Å². The van der Waals surface area contributed by atoms with Crippen molar-refractivity contribution in [1.29, 1.82) is 0 Å². The quantitative estimate of drug-likeness (QED) is 0.784. The van der Waals surface area contributed by atoms with E-state index in [-0.39, 0.29) is 18.3 Å². The molecule has 1 aliphatic heterocycles. The van der Waals surface area contributed by atoms with Crippen LogP contribution in [0.4, 0.5) is 0 Å². The zero-order chi connectivity index (χ0) is 13.8. The van der Waals surface area contributed by atoms with Gasteiger partial charge in [0.2, 0.25) is 0 Å². The molecule has 1 aromatic carbocycles. The molecule has 0 fully saturated rings. The first-order chi connectivity index (χ1) is 9.13. The predicted octanol–water partition coefficient (Wildman–Crippen LogP) is 2.55. The molecule has 0 aromatic heterocycles. The molecule has 1 aliphatic rings. The summed E-state index contributed by atoms with van der Waals surface area (Å²) in [4.78, 5) is 23.6. The predicted molar refractivity (Wildman–Crippen MR) is 69.2 cm³/mol. The molecule has 0 aliphatic carbocycles. The Kier molecular flexibility index (Phi) is 4.00. The number of cyclic esters (lactones) is 1. The van der Waals surface area contributed by atoms with Crippen molar-refractivity contribution in [3.8, 4) is 0 Å². The Labute approximate surface area is 112 Å². The van der Waals surface area contributed by atoms with E-state index in [2.05, 4.69) is 0 Å². The van der Waals surface area contributed by atoms with Crippen LogP contribution in [0.25, 0.3) is 0 Å². The van der Waals surface area contributed by atoms with Gasteiger partial charge >= 0.3 is 11.9 Å². The molecule has 1 heterocycles. The molecule has 1 aromatic rings. The average molecular weight is 260 g/mol. The first kappa shape index (κ1) is 13.3. The van der Waals surface area contributed by atoms with Crippen LogP contribution in [0.15, 0.2) is 41.7 Å². The lowest BCUT2D eigenvalue weighted by Crippen LogP contribution is -2.25. The maximum absolute atomic E-state index is 12.0. The topological polar surface area (TPSA) is 52.6 Å². The fraction of sp³-hybridized carbons (Fsp3) is 0.333. The van der Waals surface area contributed by atoms with E-state index in [1.807, 2.05) is 30.3 Å². The summed E-state index contributed by atoms with van der Waals surface area (Å²) in [6.07, 6.45) is 0.162. The van der Waals surface area contributed by atoms with Crippen molar-refractivity contribution in [2.24, 2.45) is 0 Å². The smallest absolute Gasteiger partial charge is 0.338 e. The first-order valence-electron chi connectivity index (χ1n) is 6.27. The first-order valence-corrected chi connectivity index (χ1v) is 6.27. The second-order valence-electron chi connectivity index (χ2n) is 4.33. The highest BCUT2D eigenvalue weighted by Gasteiger charge is 2.34. The van der Waals surface area contributed by atoms with Crippen molar-refractivity contribution in [2.75, 3.05) is 6.61 Å². The van der Waals surface area contributed by atoms with Gasteiger partial charge in [-0.25, -0.2) is 4.79 Å². The lowest BCUT2D eigenvalue weighted by atomic mass is 9.86. The van der Waals surface area contributed by atoms with E-state index in [4.69, 9.17) is 9.47 Å². The maximum Gasteiger partial charge on any atom is 0.338 e. The van der Waals surface area contributed by atoms with Crippen molar-refractivity contribution >= 4 is 11.9 Å². The van der Waals surface area contributed by atoms with E-state index in [1.165, 1.54) is 0 Å². The number of hydrogen-bond donors (Lipinski definition) is 0. The molecular formula is C15H16O4. The minimum atomic E-state index is -0.415. The van der Waals surface area contributed by atoms with Crippen LogP contribution in [0.2, 0.25) is 0 Å². The number of rotatable bonds is 3. The molecule has 19 heavy (non-hydrogen) atoms. The third-order valence-corrected chi connectivity index (χ3v) is 3.06. The summed E-state index contributed by atoms with van der Waals surface area (Å²) in [5.41, 5.74) is 1.36. The van der Waals surface area contributed by atoms with Crippen LogP contribution in [0.1, 0.15) is 31.7 Å². The normalized spacial score (nSPS) is 19.1. The van der Waals surface area contributed by atoms with Gasteiger partial charge in [0, 0.05) is 5.92 Å². The molecule has 0 spiro atoms. The Balaban J connectivity index is 2.41. The van der Waals surface area contributed by atoms with E-state index >= 15 is 0 Å². The number of ether oxygens (including phenoxy) is 2. The highest BCUT2D eigenvalue weighted by Crippen LogP contribution is 2.35. The molecular weight excluding hydrogens is 244 g/mol. The van der Waals surface area contributed by atoms with Gasteiger partial charge in [0.05, 0.1) is 18.6 Å². The van der Waals surface area contributed by atoms with Crippen LogP contribution in [-0.2, 0) is 19.1 Å². The minimum Gasteiger partial charge on any atom is -0.463 e. The minimum absolute atomic E-state index is 0.162. The zero-order valence-electron chi connectivity index (χ0n) is 11.0. The van der Waals surface area contributed by atoms with Gasteiger partial charge in [-0.2, -0.15) is 0 Å². The summed E-state index contributed by atoms with van der Waals surface area (Å²) >= 11 is 0. The number of carbonyl (C=O) groups is 2. The van der Waals surface area contributed by atoms with Gasteiger partial charge in [-0.15, -0.1) is 0 Å². The van der Waals surface area contributed by atoms with Crippen molar-refractivity contribution in [3.05, 3.63) is 47.2 Å². The fourth-order valence-corrected chi connectivity index (χ4v) is 2.25. The summed E-state index contributed by atoms with van der Waals surface area (Å²) in [5, 5.41) is 0. The zero-order valence-corrected chi connectivity index (χ0v) is 11.0.